The van der Waals surface area contributed by atoms with Crippen LogP contribution in [-0.2, 0) is 6.61 Å². The number of nitrogens with one attached hydrogen (secondary N) is 1. The molecule has 6 heteroatoms. The van der Waals surface area contributed by atoms with Crippen molar-refractivity contribution in [2.24, 2.45) is 0 Å². The Bertz CT molecular complexity index is 1210. The summed E-state index contributed by atoms with van der Waals surface area (Å²) in [5.74, 6) is 3.33. The molecule has 2 aromatic heterocycles. The summed E-state index contributed by atoms with van der Waals surface area (Å²) >= 11 is 0. The van der Waals surface area contributed by atoms with E-state index in [9.17, 15) is 4.79 Å². The first-order chi connectivity index (χ1) is 16.1. The number of benzene rings is 2. The normalized spacial score (nSPS) is 16.5. The smallest absolute Gasteiger partial charge is 0.289 e. The molecule has 0 bridgehead atoms. The van der Waals surface area contributed by atoms with Crippen molar-refractivity contribution in [3.63, 3.8) is 0 Å². The number of ether oxygens (including phenoxy) is 1. The third kappa shape index (κ3) is 4.65. The van der Waals surface area contributed by atoms with E-state index in [4.69, 9.17) is 14.1 Å². The zero-order chi connectivity index (χ0) is 22.8. The molecule has 1 saturated heterocycles. The molecule has 3 heterocycles. The average Bonchev–Trinajstić information content (AvgIpc) is 3.50. The second-order valence-electron chi connectivity index (χ2n) is 9.01. The fraction of sp³-hybridized carbons (Fsp3) is 0.333. The van der Waals surface area contributed by atoms with Gasteiger partial charge in [0, 0.05) is 19.0 Å². The van der Waals surface area contributed by atoms with Gasteiger partial charge in [-0.2, -0.15) is 0 Å². The van der Waals surface area contributed by atoms with E-state index in [0.29, 0.717) is 24.0 Å². The van der Waals surface area contributed by atoms with E-state index < -0.39 is 0 Å². The first-order valence-electron chi connectivity index (χ1n) is 11.6. The number of hydrogen-bond acceptors (Lipinski definition) is 4. The van der Waals surface area contributed by atoms with Crippen LogP contribution < -0.4 is 4.74 Å². The number of piperidine rings is 1. The highest BCUT2D eigenvalue weighted by atomic mass is 16.5. The lowest BCUT2D eigenvalue weighted by molar-refractivity contribution is 0.0668. The average molecular weight is 444 g/mol. The molecular formula is C27H29N3O3. The van der Waals surface area contributed by atoms with E-state index in [2.05, 4.69) is 31.0 Å². The lowest BCUT2D eigenvalue weighted by Crippen LogP contribution is -2.39. The maximum Gasteiger partial charge on any atom is 0.289 e. The van der Waals surface area contributed by atoms with E-state index in [1.165, 1.54) is 5.56 Å². The van der Waals surface area contributed by atoms with Crippen LogP contribution in [0.1, 0.15) is 66.2 Å². The minimum Gasteiger partial charge on any atom is -0.486 e. The highest BCUT2D eigenvalue weighted by Crippen LogP contribution is 2.28. The quantitative estimate of drug-likeness (QED) is 0.404. The lowest BCUT2D eigenvalue weighted by Gasteiger charge is -2.31. The molecule has 0 radical (unpaired) electrons. The first kappa shape index (κ1) is 21.3. The summed E-state index contributed by atoms with van der Waals surface area (Å²) in [6.07, 6.45) is 1.95. The molecule has 1 atom stereocenters. The van der Waals surface area contributed by atoms with E-state index in [1.807, 2.05) is 47.4 Å². The molecule has 0 aliphatic carbocycles. The number of H-pyrrole nitrogens is 1. The number of carbonyl (C=O) groups excluding carboxylic acids is 1. The van der Waals surface area contributed by atoms with Crippen molar-refractivity contribution in [1.29, 1.82) is 0 Å². The fourth-order valence-electron chi connectivity index (χ4n) is 4.38. The zero-order valence-electron chi connectivity index (χ0n) is 19.1. The number of imidazole rings is 1. The Morgan fingerprint density at radius 2 is 1.97 bits per heavy atom. The molecule has 1 unspecified atom stereocenters. The number of likely N-dealkylation sites (tertiary alicyclic amines) is 1. The van der Waals surface area contributed by atoms with Gasteiger partial charge in [-0.1, -0.05) is 38.1 Å². The maximum atomic E-state index is 13.1. The summed E-state index contributed by atoms with van der Waals surface area (Å²) in [6.45, 7) is 5.98. The Balaban J connectivity index is 1.21. The van der Waals surface area contributed by atoms with Crippen molar-refractivity contribution in [1.82, 2.24) is 14.9 Å². The number of aromatic amines is 1. The van der Waals surface area contributed by atoms with Crippen LogP contribution in [0.3, 0.4) is 0 Å². The SMILES string of the molecule is CC(C)c1ccc(OCc2ccc(C(=O)N3CCCC(c4nc5ccccc5[nH]4)C3)o2)cc1. The molecule has 0 saturated carbocycles. The highest BCUT2D eigenvalue weighted by molar-refractivity contribution is 5.91. The van der Waals surface area contributed by atoms with Crippen molar-refractivity contribution in [2.75, 3.05) is 13.1 Å². The molecule has 5 rings (SSSR count). The second kappa shape index (κ2) is 9.14. The molecule has 1 aliphatic heterocycles. The van der Waals surface area contributed by atoms with Crippen LogP contribution in [-0.4, -0.2) is 33.9 Å². The number of nitrogens with zero attached hydrogens (tertiary/aromatic N) is 2. The number of furan rings is 1. The number of para-hydroxylation sites is 2. The number of amides is 1. The molecule has 0 spiro atoms. The van der Waals surface area contributed by atoms with E-state index in [0.717, 1.165) is 42.0 Å². The van der Waals surface area contributed by atoms with E-state index in [-0.39, 0.29) is 18.4 Å². The third-order valence-corrected chi connectivity index (χ3v) is 6.30. The van der Waals surface area contributed by atoms with Gasteiger partial charge < -0.3 is 19.0 Å². The molecular weight excluding hydrogens is 414 g/mol. The Morgan fingerprint density at radius 1 is 1.15 bits per heavy atom. The molecule has 1 N–H and O–H groups in total. The topological polar surface area (TPSA) is 71.4 Å². The first-order valence-corrected chi connectivity index (χ1v) is 11.6. The van der Waals surface area contributed by atoms with Gasteiger partial charge in [0.1, 0.15) is 23.9 Å². The standard InChI is InChI=1S/C27H29N3O3/c1-18(2)19-9-11-21(12-10-19)32-17-22-13-14-25(33-22)27(31)30-15-5-6-20(16-30)26-28-23-7-3-4-8-24(23)29-26/h3-4,7-14,18,20H,5-6,15-17H2,1-2H3,(H,28,29). The van der Waals surface area contributed by atoms with Gasteiger partial charge in [-0.05, 0) is 60.7 Å². The van der Waals surface area contributed by atoms with Crippen molar-refractivity contribution in [3.8, 4) is 5.75 Å². The maximum absolute atomic E-state index is 13.1. The van der Waals surface area contributed by atoms with Gasteiger partial charge in [-0.3, -0.25) is 4.79 Å². The van der Waals surface area contributed by atoms with Gasteiger partial charge in [0.15, 0.2) is 5.76 Å². The van der Waals surface area contributed by atoms with Crippen LogP contribution in [0.5, 0.6) is 5.75 Å². The van der Waals surface area contributed by atoms with Gasteiger partial charge in [0.25, 0.3) is 5.91 Å². The summed E-state index contributed by atoms with van der Waals surface area (Å²) in [7, 11) is 0. The Labute approximate surface area is 193 Å². The molecule has 1 amide bonds. The van der Waals surface area contributed by atoms with Crippen LogP contribution in [0.4, 0.5) is 0 Å². The van der Waals surface area contributed by atoms with Gasteiger partial charge >= 0.3 is 0 Å². The number of aromatic nitrogens is 2. The van der Waals surface area contributed by atoms with Crippen molar-refractivity contribution in [3.05, 3.63) is 83.6 Å². The van der Waals surface area contributed by atoms with Crippen LogP contribution in [0.25, 0.3) is 11.0 Å². The molecule has 1 fully saturated rings. The lowest BCUT2D eigenvalue weighted by atomic mass is 9.97. The summed E-state index contributed by atoms with van der Waals surface area (Å²) in [6, 6.07) is 19.7. The number of fused-ring (bicyclic) bond motifs is 1. The van der Waals surface area contributed by atoms with Gasteiger partial charge in [0.2, 0.25) is 0 Å². The molecule has 2 aromatic carbocycles. The minimum atomic E-state index is -0.0802. The van der Waals surface area contributed by atoms with Gasteiger partial charge in [-0.25, -0.2) is 4.98 Å². The van der Waals surface area contributed by atoms with Crippen molar-refractivity contribution < 1.29 is 13.9 Å². The van der Waals surface area contributed by atoms with E-state index in [1.54, 1.807) is 6.07 Å². The van der Waals surface area contributed by atoms with Crippen molar-refractivity contribution >= 4 is 16.9 Å². The molecule has 6 nitrogen and oxygen atoms in total. The molecule has 1 aliphatic rings. The summed E-state index contributed by atoms with van der Waals surface area (Å²) in [5, 5.41) is 0. The van der Waals surface area contributed by atoms with Gasteiger partial charge in [0.05, 0.1) is 11.0 Å². The van der Waals surface area contributed by atoms with Crippen LogP contribution in [0.15, 0.2) is 65.1 Å². The monoisotopic (exact) mass is 443 g/mol. The van der Waals surface area contributed by atoms with Crippen LogP contribution >= 0.6 is 0 Å². The van der Waals surface area contributed by atoms with Crippen LogP contribution in [0.2, 0.25) is 0 Å². The molecule has 33 heavy (non-hydrogen) atoms. The van der Waals surface area contributed by atoms with Gasteiger partial charge in [-0.15, -0.1) is 0 Å². The number of hydrogen-bond donors (Lipinski definition) is 1. The number of rotatable bonds is 6. The Morgan fingerprint density at radius 3 is 2.76 bits per heavy atom. The Kier molecular flexibility index (Phi) is 5.90. The van der Waals surface area contributed by atoms with Crippen molar-refractivity contribution in [2.45, 2.75) is 45.1 Å². The largest absolute Gasteiger partial charge is 0.486 e. The molecule has 4 aromatic rings. The second-order valence-corrected chi connectivity index (χ2v) is 9.01. The zero-order valence-corrected chi connectivity index (χ0v) is 19.1. The third-order valence-electron chi connectivity index (χ3n) is 6.30. The predicted molar refractivity (Wildman–Crippen MR) is 128 cm³/mol. The summed E-state index contributed by atoms with van der Waals surface area (Å²) in [4.78, 5) is 23.1. The van der Waals surface area contributed by atoms with Crippen LogP contribution in [0, 0.1) is 0 Å². The highest BCUT2D eigenvalue weighted by Gasteiger charge is 2.28. The van der Waals surface area contributed by atoms with E-state index >= 15 is 0 Å². The number of carbonyl (C=O) groups is 1. The summed E-state index contributed by atoms with van der Waals surface area (Å²) in [5.41, 5.74) is 3.27. The molecule has 170 valence electrons. The minimum absolute atomic E-state index is 0.0802. The fourth-order valence-corrected chi connectivity index (χ4v) is 4.38. The summed E-state index contributed by atoms with van der Waals surface area (Å²) < 4.78 is 11.7. The Hall–Kier alpha value is -3.54. The predicted octanol–water partition coefficient (Wildman–Crippen LogP) is 5.88.